The maximum absolute atomic E-state index is 12.0. The van der Waals surface area contributed by atoms with E-state index in [1.807, 2.05) is 20.8 Å². The molecule has 7 nitrogen and oxygen atoms in total. The van der Waals surface area contributed by atoms with E-state index in [2.05, 4.69) is 15.4 Å². The van der Waals surface area contributed by atoms with E-state index < -0.39 is 21.7 Å². The van der Waals surface area contributed by atoms with Gasteiger partial charge in [-0.1, -0.05) is 0 Å². The van der Waals surface area contributed by atoms with Crippen LogP contribution in [0.25, 0.3) is 0 Å². The van der Waals surface area contributed by atoms with Crippen molar-refractivity contribution in [3.63, 3.8) is 0 Å². The molecule has 1 unspecified atom stereocenters. The summed E-state index contributed by atoms with van der Waals surface area (Å²) in [4.78, 5) is 11.7. The Morgan fingerprint density at radius 3 is 2.25 bits per heavy atom. The van der Waals surface area contributed by atoms with Crippen LogP contribution in [0.4, 0.5) is 5.69 Å². The minimum atomic E-state index is -3.75. The van der Waals surface area contributed by atoms with E-state index in [4.69, 9.17) is 4.74 Å². The average Bonchev–Trinajstić information content (AvgIpc) is 2.45. The van der Waals surface area contributed by atoms with E-state index in [0.717, 1.165) is 0 Å². The predicted molar refractivity (Wildman–Crippen MR) is 98.4 cm³/mol. The van der Waals surface area contributed by atoms with Gasteiger partial charge in [-0.3, -0.25) is 9.52 Å². The summed E-state index contributed by atoms with van der Waals surface area (Å²) in [6, 6.07) is 6.61. The number of benzene rings is 1. The summed E-state index contributed by atoms with van der Waals surface area (Å²) >= 11 is 0. The Kier molecular flexibility index (Phi) is 9.72. The fourth-order valence-corrected chi connectivity index (χ4v) is 2.70. The molecule has 0 aliphatic rings. The molecule has 1 rings (SSSR count). The van der Waals surface area contributed by atoms with Crippen molar-refractivity contribution in [2.45, 2.75) is 32.9 Å². The van der Waals surface area contributed by atoms with E-state index in [0.29, 0.717) is 18.0 Å². The van der Waals surface area contributed by atoms with Crippen molar-refractivity contribution in [2.75, 3.05) is 24.1 Å². The van der Waals surface area contributed by atoms with Crippen LogP contribution in [0.2, 0.25) is 0 Å². The number of sulfonamides is 1. The molecule has 0 spiro atoms. The number of hydrogen-bond donors (Lipinski definition) is 3. The molecule has 0 bridgehead atoms. The van der Waals surface area contributed by atoms with Crippen LogP contribution in [0.15, 0.2) is 24.3 Å². The number of carbonyl (C=O) groups is 1. The molecule has 0 heterocycles. The monoisotopic (exact) mass is 379 g/mol. The maximum atomic E-state index is 12.0. The number of carbonyl (C=O) groups excluding carboxylic acids is 1. The first-order valence-corrected chi connectivity index (χ1v) is 9.08. The molecular weight excluding hydrogens is 354 g/mol. The Morgan fingerprint density at radius 1 is 1.17 bits per heavy atom. The number of halogens is 1. The molecule has 0 radical (unpaired) electrons. The lowest BCUT2D eigenvalue weighted by Gasteiger charge is -2.13. The van der Waals surface area contributed by atoms with Crippen molar-refractivity contribution in [1.82, 2.24) is 10.6 Å². The van der Waals surface area contributed by atoms with Crippen LogP contribution < -0.4 is 20.1 Å². The summed E-state index contributed by atoms with van der Waals surface area (Å²) < 4.78 is 31.8. The van der Waals surface area contributed by atoms with Gasteiger partial charge in [-0.05, 0) is 52.1 Å². The summed E-state index contributed by atoms with van der Waals surface area (Å²) in [7, 11) is -1.98. The van der Waals surface area contributed by atoms with Gasteiger partial charge >= 0.3 is 0 Å². The lowest BCUT2D eigenvalue weighted by molar-refractivity contribution is -0.118. The molecule has 1 aromatic rings. The van der Waals surface area contributed by atoms with Crippen LogP contribution in [0.1, 0.15) is 20.8 Å². The fourth-order valence-electron chi connectivity index (χ4n) is 1.68. The highest BCUT2D eigenvalue weighted by Gasteiger charge is 2.16. The fraction of sp³-hybridized carbons (Fsp3) is 0.533. The van der Waals surface area contributed by atoms with Gasteiger partial charge in [-0.2, -0.15) is 0 Å². The molecule has 0 aliphatic heterocycles. The zero-order valence-corrected chi connectivity index (χ0v) is 16.0. The molecule has 138 valence electrons. The Labute approximate surface area is 150 Å². The standard InChI is InChI=1S/C15H25N3O4S.ClH/c1-11(2)22-14-7-5-13(6-8-14)18-23(20,21)10-15(19)17-9-12(3)16-4;/h5-8,11-12,16,18H,9-10H2,1-4H3,(H,17,19);1H. The van der Waals surface area contributed by atoms with Crippen molar-refractivity contribution < 1.29 is 17.9 Å². The first-order chi connectivity index (χ1) is 10.7. The van der Waals surface area contributed by atoms with E-state index >= 15 is 0 Å². The Balaban J connectivity index is 0.00000529. The summed E-state index contributed by atoms with van der Waals surface area (Å²) in [6.07, 6.45) is 0.0428. The summed E-state index contributed by atoms with van der Waals surface area (Å²) in [6.45, 7) is 6.06. The molecule has 0 saturated heterocycles. The Bertz CT molecular complexity index is 606. The van der Waals surface area contributed by atoms with Gasteiger partial charge in [0.15, 0.2) is 0 Å². The quantitative estimate of drug-likeness (QED) is 0.602. The number of anilines is 1. The second-order valence-electron chi connectivity index (χ2n) is 5.55. The van der Waals surface area contributed by atoms with E-state index in [9.17, 15) is 13.2 Å². The molecule has 1 atom stereocenters. The summed E-state index contributed by atoms with van der Waals surface area (Å²) in [5.41, 5.74) is 0.387. The lowest BCUT2D eigenvalue weighted by Crippen LogP contribution is -2.40. The SMILES string of the molecule is CNC(C)CNC(=O)CS(=O)(=O)Nc1ccc(OC(C)C)cc1.Cl. The van der Waals surface area contributed by atoms with Crippen LogP contribution in [0, 0.1) is 0 Å². The van der Waals surface area contributed by atoms with Gasteiger partial charge in [0, 0.05) is 18.3 Å². The highest BCUT2D eigenvalue weighted by molar-refractivity contribution is 7.93. The molecule has 9 heteroatoms. The third-order valence-corrected chi connectivity index (χ3v) is 4.11. The van der Waals surface area contributed by atoms with E-state index in [1.54, 1.807) is 31.3 Å². The molecule has 0 fully saturated rings. The second kappa shape index (κ2) is 10.4. The summed E-state index contributed by atoms with van der Waals surface area (Å²) in [5, 5.41) is 5.52. The lowest BCUT2D eigenvalue weighted by atomic mass is 10.3. The largest absolute Gasteiger partial charge is 0.491 e. The minimum absolute atomic E-state index is 0. The van der Waals surface area contributed by atoms with Crippen molar-refractivity contribution in [3.8, 4) is 5.75 Å². The Hall–Kier alpha value is -1.51. The molecule has 0 aromatic heterocycles. The van der Waals surface area contributed by atoms with Crippen molar-refractivity contribution in [1.29, 1.82) is 0 Å². The molecule has 0 aliphatic carbocycles. The minimum Gasteiger partial charge on any atom is -0.491 e. The first-order valence-electron chi connectivity index (χ1n) is 7.43. The first kappa shape index (κ1) is 22.5. The van der Waals surface area contributed by atoms with Crippen LogP contribution >= 0.6 is 12.4 Å². The van der Waals surface area contributed by atoms with Crippen LogP contribution in [0.3, 0.4) is 0 Å². The van der Waals surface area contributed by atoms with E-state index in [-0.39, 0.29) is 24.6 Å². The topological polar surface area (TPSA) is 96.5 Å². The number of ether oxygens (including phenoxy) is 1. The highest BCUT2D eigenvalue weighted by Crippen LogP contribution is 2.17. The van der Waals surface area contributed by atoms with Gasteiger partial charge in [0.1, 0.15) is 11.5 Å². The molecule has 24 heavy (non-hydrogen) atoms. The van der Waals surface area contributed by atoms with E-state index in [1.165, 1.54) is 0 Å². The zero-order chi connectivity index (χ0) is 17.5. The summed E-state index contributed by atoms with van der Waals surface area (Å²) in [5.74, 6) is -0.505. The van der Waals surface area contributed by atoms with Gasteiger partial charge in [0.2, 0.25) is 15.9 Å². The van der Waals surface area contributed by atoms with Gasteiger partial charge in [0.25, 0.3) is 0 Å². The van der Waals surface area contributed by atoms with Crippen molar-refractivity contribution in [3.05, 3.63) is 24.3 Å². The molecule has 1 aromatic carbocycles. The maximum Gasteiger partial charge on any atom is 0.241 e. The predicted octanol–water partition coefficient (Wildman–Crippen LogP) is 1.36. The number of nitrogens with one attached hydrogen (secondary N) is 3. The average molecular weight is 380 g/mol. The Morgan fingerprint density at radius 2 is 1.75 bits per heavy atom. The van der Waals surface area contributed by atoms with Crippen molar-refractivity contribution in [2.24, 2.45) is 0 Å². The van der Waals surface area contributed by atoms with Crippen LogP contribution in [-0.2, 0) is 14.8 Å². The highest BCUT2D eigenvalue weighted by atomic mass is 35.5. The number of hydrogen-bond acceptors (Lipinski definition) is 5. The third kappa shape index (κ3) is 8.95. The van der Waals surface area contributed by atoms with Gasteiger partial charge < -0.3 is 15.4 Å². The van der Waals surface area contributed by atoms with Crippen molar-refractivity contribution >= 4 is 34.0 Å². The number of rotatable bonds is 9. The third-order valence-electron chi connectivity index (χ3n) is 2.92. The molecule has 3 N–H and O–H groups in total. The van der Waals surface area contributed by atoms with Crippen LogP contribution in [-0.4, -0.2) is 45.8 Å². The van der Waals surface area contributed by atoms with Crippen LogP contribution in [0.5, 0.6) is 5.75 Å². The zero-order valence-electron chi connectivity index (χ0n) is 14.3. The molecular formula is C15H26ClN3O4S. The van der Waals surface area contributed by atoms with Gasteiger partial charge in [-0.15, -0.1) is 12.4 Å². The van der Waals surface area contributed by atoms with Gasteiger partial charge in [-0.25, -0.2) is 8.42 Å². The smallest absolute Gasteiger partial charge is 0.241 e. The number of amides is 1. The molecule has 0 saturated carbocycles. The normalized spacial score (nSPS) is 12.2. The van der Waals surface area contributed by atoms with Gasteiger partial charge in [0.05, 0.1) is 6.10 Å². The molecule has 1 amide bonds. The second-order valence-corrected chi connectivity index (χ2v) is 7.27. The number of likely N-dealkylation sites (N-methyl/N-ethyl adjacent to an activating group) is 1.